The van der Waals surface area contributed by atoms with E-state index in [-0.39, 0.29) is 0 Å². The molecule has 2 heteroatoms. The van der Waals surface area contributed by atoms with Crippen LogP contribution in [0.4, 0.5) is 0 Å². The first-order valence-electron chi connectivity index (χ1n) is 7.68. The number of hydrogen-bond acceptors (Lipinski definition) is 2. The van der Waals surface area contributed by atoms with Gasteiger partial charge in [-0.15, -0.1) is 0 Å². The minimum absolute atomic E-state index is 0.661. The standard InChI is InChI=1S/C15H28N2/c1-3-13-10-16-9-4-6-14(16)11-17(13)12-15(2)7-5-8-15/h13-14H,3-12H2,1-2H3. The maximum absolute atomic E-state index is 2.84. The molecule has 0 N–H and O–H groups in total. The Morgan fingerprint density at radius 2 is 2.00 bits per heavy atom. The van der Waals surface area contributed by atoms with Crippen molar-refractivity contribution in [2.75, 3.05) is 26.2 Å². The van der Waals surface area contributed by atoms with Gasteiger partial charge in [0.25, 0.3) is 0 Å². The average molecular weight is 236 g/mol. The lowest BCUT2D eigenvalue weighted by Gasteiger charge is -2.49. The van der Waals surface area contributed by atoms with Crippen molar-refractivity contribution in [1.29, 1.82) is 0 Å². The van der Waals surface area contributed by atoms with Crippen LogP contribution in [0, 0.1) is 5.41 Å². The summed E-state index contributed by atoms with van der Waals surface area (Å²) >= 11 is 0. The first-order valence-corrected chi connectivity index (χ1v) is 7.68. The molecule has 0 aromatic carbocycles. The third kappa shape index (κ3) is 2.26. The summed E-state index contributed by atoms with van der Waals surface area (Å²) < 4.78 is 0. The molecule has 2 unspecified atom stereocenters. The van der Waals surface area contributed by atoms with Crippen LogP contribution in [-0.4, -0.2) is 48.1 Å². The molecule has 1 saturated carbocycles. The van der Waals surface area contributed by atoms with Gasteiger partial charge in [-0.25, -0.2) is 0 Å². The summed E-state index contributed by atoms with van der Waals surface area (Å²) in [4.78, 5) is 5.60. The van der Waals surface area contributed by atoms with Crippen LogP contribution in [0.2, 0.25) is 0 Å². The molecular formula is C15H28N2. The normalized spacial score (nSPS) is 37.8. The Kier molecular flexibility index (Phi) is 3.20. The van der Waals surface area contributed by atoms with Gasteiger partial charge in [0.1, 0.15) is 0 Å². The molecule has 0 radical (unpaired) electrons. The van der Waals surface area contributed by atoms with Gasteiger partial charge in [-0.05, 0) is 44.1 Å². The minimum Gasteiger partial charge on any atom is -0.298 e. The summed E-state index contributed by atoms with van der Waals surface area (Å²) in [5, 5.41) is 0. The van der Waals surface area contributed by atoms with E-state index in [1.54, 1.807) is 0 Å². The molecule has 0 aromatic rings. The monoisotopic (exact) mass is 236 g/mol. The van der Waals surface area contributed by atoms with Gasteiger partial charge >= 0.3 is 0 Å². The summed E-state index contributed by atoms with van der Waals surface area (Å²) in [7, 11) is 0. The molecule has 98 valence electrons. The third-order valence-corrected chi connectivity index (χ3v) is 5.52. The molecule has 2 atom stereocenters. The predicted molar refractivity (Wildman–Crippen MR) is 72.2 cm³/mol. The van der Waals surface area contributed by atoms with E-state index < -0.39 is 0 Å². The second-order valence-electron chi connectivity index (χ2n) is 6.95. The Balaban J connectivity index is 1.64. The fourth-order valence-corrected chi connectivity index (χ4v) is 4.16. The highest BCUT2D eigenvalue weighted by molar-refractivity contribution is 4.95. The van der Waals surface area contributed by atoms with Gasteiger partial charge in [-0.1, -0.05) is 20.3 Å². The molecule has 3 aliphatic rings. The van der Waals surface area contributed by atoms with Crippen molar-refractivity contribution < 1.29 is 0 Å². The smallest absolute Gasteiger partial charge is 0.0224 e. The van der Waals surface area contributed by atoms with E-state index in [4.69, 9.17) is 0 Å². The molecule has 0 aromatic heterocycles. The molecule has 2 heterocycles. The van der Waals surface area contributed by atoms with E-state index in [1.807, 2.05) is 0 Å². The van der Waals surface area contributed by atoms with Gasteiger partial charge in [-0.2, -0.15) is 0 Å². The molecule has 2 aliphatic heterocycles. The summed E-state index contributed by atoms with van der Waals surface area (Å²) in [5.41, 5.74) is 0.661. The zero-order valence-corrected chi connectivity index (χ0v) is 11.6. The van der Waals surface area contributed by atoms with Crippen molar-refractivity contribution in [1.82, 2.24) is 9.80 Å². The van der Waals surface area contributed by atoms with Crippen LogP contribution in [0.25, 0.3) is 0 Å². The second-order valence-corrected chi connectivity index (χ2v) is 6.95. The molecule has 2 nitrogen and oxygen atoms in total. The summed E-state index contributed by atoms with van der Waals surface area (Å²) in [6.07, 6.45) is 8.62. The number of fused-ring (bicyclic) bond motifs is 1. The molecule has 3 fully saturated rings. The molecule has 3 rings (SSSR count). The van der Waals surface area contributed by atoms with Crippen LogP contribution in [0.15, 0.2) is 0 Å². The lowest BCUT2D eigenvalue weighted by atomic mass is 9.70. The first kappa shape index (κ1) is 12.0. The van der Waals surface area contributed by atoms with Gasteiger partial charge < -0.3 is 0 Å². The Morgan fingerprint density at radius 1 is 1.18 bits per heavy atom. The van der Waals surface area contributed by atoms with Crippen molar-refractivity contribution in [3.63, 3.8) is 0 Å². The number of hydrogen-bond donors (Lipinski definition) is 0. The number of piperazine rings is 1. The van der Waals surface area contributed by atoms with Gasteiger partial charge in [0.2, 0.25) is 0 Å². The zero-order valence-electron chi connectivity index (χ0n) is 11.6. The molecule has 1 aliphatic carbocycles. The van der Waals surface area contributed by atoms with Crippen LogP contribution in [0.1, 0.15) is 52.4 Å². The fourth-order valence-electron chi connectivity index (χ4n) is 4.16. The van der Waals surface area contributed by atoms with E-state index >= 15 is 0 Å². The maximum Gasteiger partial charge on any atom is 0.0224 e. The van der Waals surface area contributed by atoms with Crippen molar-refractivity contribution in [3.8, 4) is 0 Å². The van der Waals surface area contributed by atoms with Crippen molar-refractivity contribution in [2.45, 2.75) is 64.5 Å². The fraction of sp³-hybridized carbons (Fsp3) is 1.00. The number of nitrogens with zero attached hydrogens (tertiary/aromatic N) is 2. The maximum atomic E-state index is 2.84. The predicted octanol–water partition coefficient (Wildman–Crippen LogP) is 2.74. The van der Waals surface area contributed by atoms with E-state index in [1.165, 1.54) is 64.7 Å². The third-order valence-electron chi connectivity index (χ3n) is 5.52. The van der Waals surface area contributed by atoms with Crippen LogP contribution >= 0.6 is 0 Å². The molecule has 0 amide bonds. The van der Waals surface area contributed by atoms with E-state index in [0.717, 1.165) is 12.1 Å². The average Bonchev–Trinajstić information content (AvgIpc) is 2.72. The van der Waals surface area contributed by atoms with Crippen molar-refractivity contribution in [2.24, 2.45) is 5.41 Å². The van der Waals surface area contributed by atoms with E-state index in [0.29, 0.717) is 5.41 Å². The molecule has 0 bridgehead atoms. The molecule has 0 spiro atoms. The highest BCUT2D eigenvalue weighted by atomic mass is 15.3. The Hall–Kier alpha value is -0.0800. The zero-order chi connectivity index (χ0) is 11.9. The quantitative estimate of drug-likeness (QED) is 0.743. The van der Waals surface area contributed by atoms with Crippen LogP contribution in [0.5, 0.6) is 0 Å². The molecular weight excluding hydrogens is 208 g/mol. The first-order chi connectivity index (χ1) is 8.20. The number of rotatable bonds is 3. The van der Waals surface area contributed by atoms with Crippen LogP contribution in [-0.2, 0) is 0 Å². The highest BCUT2D eigenvalue weighted by Crippen LogP contribution is 2.42. The van der Waals surface area contributed by atoms with E-state index in [9.17, 15) is 0 Å². The SMILES string of the molecule is CCC1CN2CCCC2CN1CC1(C)CCC1. The summed E-state index contributed by atoms with van der Waals surface area (Å²) in [6.45, 7) is 10.3. The Labute approximate surface area is 106 Å². The Morgan fingerprint density at radius 3 is 2.65 bits per heavy atom. The minimum atomic E-state index is 0.661. The van der Waals surface area contributed by atoms with Crippen LogP contribution < -0.4 is 0 Å². The van der Waals surface area contributed by atoms with Gasteiger partial charge in [0.05, 0.1) is 0 Å². The van der Waals surface area contributed by atoms with E-state index in [2.05, 4.69) is 23.6 Å². The van der Waals surface area contributed by atoms with Crippen LogP contribution in [0.3, 0.4) is 0 Å². The Bertz CT molecular complexity index is 272. The lowest BCUT2D eigenvalue weighted by Crippen LogP contribution is -2.58. The topological polar surface area (TPSA) is 6.48 Å². The van der Waals surface area contributed by atoms with Gasteiger partial charge in [0, 0.05) is 31.7 Å². The van der Waals surface area contributed by atoms with Crippen molar-refractivity contribution in [3.05, 3.63) is 0 Å². The lowest BCUT2D eigenvalue weighted by molar-refractivity contribution is -0.00188. The van der Waals surface area contributed by atoms with Gasteiger partial charge in [0.15, 0.2) is 0 Å². The summed E-state index contributed by atoms with van der Waals surface area (Å²) in [6, 6.07) is 1.73. The molecule has 17 heavy (non-hydrogen) atoms. The van der Waals surface area contributed by atoms with Gasteiger partial charge in [-0.3, -0.25) is 9.80 Å². The highest BCUT2D eigenvalue weighted by Gasteiger charge is 2.40. The second kappa shape index (κ2) is 4.55. The largest absolute Gasteiger partial charge is 0.298 e. The summed E-state index contributed by atoms with van der Waals surface area (Å²) in [5.74, 6) is 0. The van der Waals surface area contributed by atoms with Crippen molar-refractivity contribution >= 4 is 0 Å². The molecule has 2 saturated heterocycles.